The van der Waals surface area contributed by atoms with E-state index in [2.05, 4.69) is 10.1 Å². The molecule has 6 nitrogen and oxygen atoms in total. The van der Waals surface area contributed by atoms with Crippen molar-refractivity contribution in [2.24, 2.45) is 5.73 Å². The van der Waals surface area contributed by atoms with Crippen LogP contribution < -0.4 is 16.8 Å². The van der Waals surface area contributed by atoms with Gasteiger partial charge in [0.1, 0.15) is 12.7 Å². The number of ether oxygens (including phenoxy) is 1. The number of nitrogen functional groups attached to an aromatic ring is 1. The molecule has 1 aromatic rings. The number of benzene rings is 1. The molecule has 0 heterocycles. The molecule has 0 unspecified atom stereocenters. The Balaban J connectivity index is 2.55. The first-order chi connectivity index (χ1) is 7.65. The number of carbonyl (C=O) groups excluding carboxylic acids is 1. The summed E-state index contributed by atoms with van der Waals surface area (Å²) in [5, 5.41) is 11.7. The van der Waals surface area contributed by atoms with Gasteiger partial charge in [0.25, 0.3) is 0 Å². The minimum atomic E-state index is -0.819. The van der Waals surface area contributed by atoms with E-state index >= 15 is 0 Å². The molecule has 0 saturated carbocycles. The molecule has 16 heavy (non-hydrogen) atoms. The summed E-state index contributed by atoms with van der Waals surface area (Å²) in [6.45, 7) is 0.521. The number of nitriles is 1. The maximum Gasteiger partial charge on any atom is 0.404 e. The number of para-hydroxylation sites is 1. The summed E-state index contributed by atoms with van der Waals surface area (Å²) in [6, 6.07) is 7.05. The molecule has 5 N–H and O–H groups in total. The van der Waals surface area contributed by atoms with Crippen LogP contribution in [0.2, 0.25) is 0 Å². The van der Waals surface area contributed by atoms with Crippen molar-refractivity contribution in [2.45, 2.75) is 0 Å². The lowest BCUT2D eigenvalue weighted by molar-refractivity contribution is 0.161. The summed E-state index contributed by atoms with van der Waals surface area (Å²) in [5.74, 6) is 0. The number of hydrogen-bond acceptors (Lipinski definition) is 5. The lowest BCUT2D eigenvalue weighted by atomic mass is 10.1. The molecule has 6 heteroatoms. The fraction of sp³-hybridized carbons (Fsp3) is 0.200. The van der Waals surface area contributed by atoms with Gasteiger partial charge < -0.3 is 21.5 Å². The number of nitrogens with two attached hydrogens (primary N) is 2. The van der Waals surface area contributed by atoms with Crippen LogP contribution in [0, 0.1) is 11.3 Å². The molecule has 0 aliphatic carbocycles. The van der Waals surface area contributed by atoms with Crippen LogP contribution in [0.25, 0.3) is 0 Å². The molecular formula is C10H12N4O2. The Hall–Kier alpha value is -2.42. The molecule has 0 aromatic heterocycles. The first kappa shape index (κ1) is 11.7. The van der Waals surface area contributed by atoms with Crippen LogP contribution in [0.3, 0.4) is 0 Å². The Morgan fingerprint density at radius 2 is 2.31 bits per heavy atom. The van der Waals surface area contributed by atoms with E-state index in [0.29, 0.717) is 23.5 Å². The van der Waals surface area contributed by atoms with Crippen molar-refractivity contribution >= 4 is 17.5 Å². The van der Waals surface area contributed by atoms with E-state index in [1.54, 1.807) is 18.2 Å². The molecule has 0 bridgehead atoms. The number of primary amides is 1. The van der Waals surface area contributed by atoms with Crippen LogP contribution in [-0.4, -0.2) is 19.2 Å². The highest BCUT2D eigenvalue weighted by molar-refractivity contribution is 5.72. The van der Waals surface area contributed by atoms with E-state index in [9.17, 15) is 4.79 Å². The van der Waals surface area contributed by atoms with Gasteiger partial charge >= 0.3 is 6.09 Å². The third-order valence-corrected chi connectivity index (χ3v) is 1.89. The molecule has 1 amide bonds. The Labute approximate surface area is 92.8 Å². The fourth-order valence-corrected chi connectivity index (χ4v) is 1.15. The zero-order valence-corrected chi connectivity index (χ0v) is 8.56. The largest absolute Gasteiger partial charge is 0.448 e. The second-order valence-corrected chi connectivity index (χ2v) is 2.97. The Bertz CT molecular complexity index is 425. The Kier molecular flexibility index (Phi) is 3.98. The van der Waals surface area contributed by atoms with E-state index in [0.717, 1.165) is 0 Å². The van der Waals surface area contributed by atoms with Crippen LogP contribution in [0.1, 0.15) is 5.56 Å². The van der Waals surface area contributed by atoms with E-state index in [1.165, 1.54) is 0 Å². The van der Waals surface area contributed by atoms with Crippen molar-refractivity contribution in [3.8, 4) is 6.07 Å². The Morgan fingerprint density at radius 1 is 1.56 bits per heavy atom. The van der Waals surface area contributed by atoms with Crippen molar-refractivity contribution in [3.63, 3.8) is 0 Å². The minimum absolute atomic E-state index is 0.144. The van der Waals surface area contributed by atoms with Crippen LogP contribution in [0.4, 0.5) is 16.2 Å². The number of anilines is 2. The summed E-state index contributed by atoms with van der Waals surface area (Å²) in [6.07, 6.45) is -0.819. The predicted molar refractivity (Wildman–Crippen MR) is 59.6 cm³/mol. The van der Waals surface area contributed by atoms with Gasteiger partial charge in [0.2, 0.25) is 0 Å². The number of hydrogen-bond donors (Lipinski definition) is 3. The van der Waals surface area contributed by atoms with Crippen molar-refractivity contribution in [2.75, 3.05) is 24.2 Å². The number of rotatable bonds is 4. The maximum atomic E-state index is 10.3. The van der Waals surface area contributed by atoms with Gasteiger partial charge in [0.05, 0.1) is 16.9 Å². The van der Waals surface area contributed by atoms with Crippen molar-refractivity contribution in [1.29, 1.82) is 5.26 Å². The quantitative estimate of drug-likeness (QED) is 0.509. The zero-order valence-electron chi connectivity index (χ0n) is 8.56. The molecule has 0 aliphatic rings. The molecule has 0 radical (unpaired) electrons. The van der Waals surface area contributed by atoms with Gasteiger partial charge in [-0.05, 0) is 12.1 Å². The highest BCUT2D eigenvalue weighted by atomic mass is 16.5. The molecule has 0 saturated heterocycles. The summed E-state index contributed by atoms with van der Waals surface area (Å²) in [4.78, 5) is 10.3. The van der Waals surface area contributed by atoms with Gasteiger partial charge in [-0.3, -0.25) is 0 Å². The lowest BCUT2D eigenvalue weighted by Crippen LogP contribution is -2.18. The highest BCUT2D eigenvalue weighted by Gasteiger charge is 2.03. The predicted octanol–water partition coefficient (Wildman–Crippen LogP) is 0.648. The fourth-order valence-electron chi connectivity index (χ4n) is 1.15. The minimum Gasteiger partial charge on any atom is -0.448 e. The summed E-state index contributed by atoms with van der Waals surface area (Å²) < 4.78 is 4.53. The average molecular weight is 220 g/mol. The second-order valence-electron chi connectivity index (χ2n) is 2.97. The van der Waals surface area contributed by atoms with Gasteiger partial charge in [-0.25, -0.2) is 4.79 Å². The third-order valence-electron chi connectivity index (χ3n) is 1.89. The maximum absolute atomic E-state index is 10.3. The summed E-state index contributed by atoms with van der Waals surface area (Å²) in [7, 11) is 0. The number of nitrogens with one attached hydrogen (secondary N) is 1. The van der Waals surface area contributed by atoms with Crippen molar-refractivity contribution in [3.05, 3.63) is 23.8 Å². The van der Waals surface area contributed by atoms with Gasteiger partial charge in [0, 0.05) is 6.54 Å². The van der Waals surface area contributed by atoms with E-state index in [1.807, 2.05) is 6.07 Å². The highest BCUT2D eigenvalue weighted by Crippen LogP contribution is 2.21. The molecule has 1 rings (SSSR count). The van der Waals surface area contributed by atoms with Gasteiger partial charge in [0.15, 0.2) is 0 Å². The smallest absolute Gasteiger partial charge is 0.404 e. The molecule has 1 aromatic carbocycles. The molecule has 0 fully saturated rings. The average Bonchev–Trinajstić information content (AvgIpc) is 2.26. The molecular weight excluding hydrogens is 208 g/mol. The third kappa shape index (κ3) is 3.06. The normalized spacial score (nSPS) is 9.19. The molecule has 0 aliphatic heterocycles. The number of carbonyl (C=O) groups is 1. The van der Waals surface area contributed by atoms with E-state index in [-0.39, 0.29) is 6.61 Å². The lowest BCUT2D eigenvalue weighted by Gasteiger charge is -2.09. The van der Waals surface area contributed by atoms with Crippen LogP contribution in [-0.2, 0) is 4.74 Å². The van der Waals surface area contributed by atoms with Gasteiger partial charge in [-0.1, -0.05) is 6.07 Å². The second kappa shape index (κ2) is 5.46. The van der Waals surface area contributed by atoms with Crippen LogP contribution in [0.15, 0.2) is 18.2 Å². The van der Waals surface area contributed by atoms with Crippen LogP contribution >= 0.6 is 0 Å². The monoisotopic (exact) mass is 220 g/mol. The van der Waals surface area contributed by atoms with E-state index in [4.69, 9.17) is 16.7 Å². The molecule has 0 spiro atoms. The van der Waals surface area contributed by atoms with Gasteiger partial charge in [-0.2, -0.15) is 5.26 Å². The Morgan fingerprint density at radius 3 is 2.94 bits per heavy atom. The number of nitrogens with zero attached hydrogens (tertiary/aromatic N) is 1. The summed E-state index contributed by atoms with van der Waals surface area (Å²) >= 11 is 0. The van der Waals surface area contributed by atoms with Crippen molar-refractivity contribution < 1.29 is 9.53 Å². The van der Waals surface area contributed by atoms with Gasteiger partial charge in [-0.15, -0.1) is 0 Å². The van der Waals surface area contributed by atoms with Crippen molar-refractivity contribution in [1.82, 2.24) is 0 Å². The first-order valence-corrected chi connectivity index (χ1v) is 4.60. The number of amides is 1. The molecule has 0 atom stereocenters. The first-order valence-electron chi connectivity index (χ1n) is 4.60. The topological polar surface area (TPSA) is 114 Å². The zero-order chi connectivity index (χ0) is 12.0. The summed E-state index contributed by atoms with van der Waals surface area (Å²) in [5.41, 5.74) is 11.9. The van der Waals surface area contributed by atoms with Crippen LogP contribution in [0.5, 0.6) is 0 Å². The molecule has 84 valence electrons. The SMILES string of the molecule is N#Cc1cccc(NCCOC(N)=O)c1N. The standard InChI is InChI=1S/C10H12N4O2/c11-6-7-2-1-3-8(9(7)12)14-4-5-16-10(13)15/h1-3,14H,4-5,12H2,(H2,13,15). The van der Waals surface area contributed by atoms with E-state index < -0.39 is 6.09 Å².